The average molecular weight is 272 g/mol. The van der Waals surface area contributed by atoms with Gasteiger partial charge in [-0.25, -0.2) is 0 Å². The highest BCUT2D eigenvalue weighted by Gasteiger charge is 2.25. The molecule has 106 valence electrons. The molecule has 0 unspecified atom stereocenters. The van der Waals surface area contributed by atoms with Gasteiger partial charge in [0, 0.05) is 12.6 Å². The molecule has 0 saturated carbocycles. The van der Waals surface area contributed by atoms with Crippen molar-refractivity contribution in [3.8, 4) is 0 Å². The van der Waals surface area contributed by atoms with E-state index in [1.165, 1.54) is 6.07 Å². The lowest BCUT2D eigenvalue weighted by Gasteiger charge is -2.29. The SMILES string of the molecule is CCC(CO)(CO)NCc1ccc([N+](=O)[O-])c(F)c1. The summed E-state index contributed by atoms with van der Waals surface area (Å²) in [7, 11) is 0. The number of nitrogens with zero attached hydrogens (tertiary/aromatic N) is 1. The zero-order valence-electron chi connectivity index (χ0n) is 10.6. The highest BCUT2D eigenvalue weighted by atomic mass is 19.1. The maximum atomic E-state index is 13.4. The highest BCUT2D eigenvalue weighted by Crippen LogP contribution is 2.18. The van der Waals surface area contributed by atoms with Crippen molar-refractivity contribution in [2.24, 2.45) is 0 Å². The van der Waals surface area contributed by atoms with Gasteiger partial charge >= 0.3 is 5.69 Å². The quantitative estimate of drug-likeness (QED) is 0.507. The van der Waals surface area contributed by atoms with Gasteiger partial charge in [0.2, 0.25) is 5.82 Å². The second-order valence-corrected chi connectivity index (χ2v) is 4.35. The average Bonchev–Trinajstić information content (AvgIpc) is 2.40. The summed E-state index contributed by atoms with van der Waals surface area (Å²) in [6.45, 7) is 1.49. The Kier molecular flexibility index (Phi) is 5.34. The van der Waals surface area contributed by atoms with E-state index in [1.807, 2.05) is 0 Å². The molecule has 0 atom stereocenters. The Hall–Kier alpha value is -1.57. The fourth-order valence-electron chi connectivity index (χ4n) is 1.61. The lowest BCUT2D eigenvalue weighted by Crippen LogP contribution is -2.50. The molecule has 19 heavy (non-hydrogen) atoms. The number of aliphatic hydroxyl groups excluding tert-OH is 2. The zero-order valence-corrected chi connectivity index (χ0v) is 10.6. The van der Waals surface area contributed by atoms with E-state index in [4.69, 9.17) is 0 Å². The smallest absolute Gasteiger partial charge is 0.304 e. The summed E-state index contributed by atoms with van der Waals surface area (Å²) >= 11 is 0. The fourth-order valence-corrected chi connectivity index (χ4v) is 1.61. The van der Waals surface area contributed by atoms with Gasteiger partial charge in [0.05, 0.1) is 23.7 Å². The van der Waals surface area contributed by atoms with E-state index in [9.17, 15) is 24.7 Å². The molecular weight excluding hydrogens is 255 g/mol. The molecule has 0 aliphatic rings. The predicted octanol–water partition coefficient (Wildman–Crippen LogP) is 0.957. The molecule has 0 bridgehead atoms. The van der Waals surface area contributed by atoms with Crippen LogP contribution < -0.4 is 5.32 Å². The highest BCUT2D eigenvalue weighted by molar-refractivity contribution is 5.35. The standard InChI is InChI=1S/C12H17FN2O4/c1-2-12(7-16,8-17)14-6-9-3-4-11(15(18)19)10(13)5-9/h3-5,14,16-17H,2,6-8H2,1H3. The van der Waals surface area contributed by atoms with Crippen LogP contribution >= 0.6 is 0 Å². The van der Waals surface area contributed by atoms with E-state index in [2.05, 4.69) is 5.32 Å². The second kappa shape index (κ2) is 6.55. The molecule has 1 aromatic rings. The number of rotatable bonds is 7. The molecule has 0 saturated heterocycles. The topological polar surface area (TPSA) is 95.6 Å². The number of halogens is 1. The van der Waals surface area contributed by atoms with E-state index in [1.54, 1.807) is 6.92 Å². The molecule has 6 nitrogen and oxygen atoms in total. The number of nitrogens with one attached hydrogen (secondary N) is 1. The van der Waals surface area contributed by atoms with E-state index in [0.29, 0.717) is 12.0 Å². The van der Waals surface area contributed by atoms with Crippen LogP contribution in [0.3, 0.4) is 0 Å². The minimum atomic E-state index is -0.903. The third kappa shape index (κ3) is 3.69. The molecule has 0 amide bonds. The Morgan fingerprint density at radius 3 is 2.47 bits per heavy atom. The van der Waals surface area contributed by atoms with Crippen molar-refractivity contribution in [3.63, 3.8) is 0 Å². The summed E-state index contributed by atoms with van der Waals surface area (Å²) in [4.78, 5) is 9.69. The molecule has 1 rings (SSSR count). The van der Waals surface area contributed by atoms with Gasteiger partial charge in [-0.3, -0.25) is 10.1 Å². The maximum Gasteiger partial charge on any atom is 0.304 e. The zero-order chi connectivity index (χ0) is 14.5. The van der Waals surface area contributed by atoms with Crippen molar-refractivity contribution < 1.29 is 19.5 Å². The first-order valence-corrected chi connectivity index (χ1v) is 5.87. The summed E-state index contributed by atoms with van der Waals surface area (Å²) in [5, 5.41) is 31.9. The van der Waals surface area contributed by atoms with Gasteiger partial charge in [-0.15, -0.1) is 0 Å². The van der Waals surface area contributed by atoms with E-state index in [0.717, 1.165) is 12.1 Å². The molecule has 1 aromatic carbocycles. The Labute approximate surface area is 110 Å². The number of aliphatic hydroxyl groups is 2. The normalized spacial score (nSPS) is 11.6. The first-order chi connectivity index (χ1) is 8.98. The monoisotopic (exact) mass is 272 g/mol. The van der Waals surface area contributed by atoms with Crippen LogP contribution in [0.15, 0.2) is 18.2 Å². The number of hydrogen-bond acceptors (Lipinski definition) is 5. The number of nitro groups is 1. The molecular formula is C12H17FN2O4. The van der Waals surface area contributed by atoms with E-state index < -0.39 is 22.0 Å². The van der Waals surface area contributed by atoms with Crippen LogP contribution in [-0.2, 0) is 6.54 Å². The van der Waals surface area contributed by atoms with Gasteiger partial charge in [0.1, 0.15) is 0 Å². The van der Waals surface area contributed by atoms with Crippen molar-refractivity contribution in [2.45, 2.75) is 25.4 Å². The molecule has 0 radical (unpaired) electrons. The van der Waals surface area contributed by atoms with Gasteiger partial charge in [0.25, 0.3) is 0 Å². The number of hydrogen-bond donors (Lipinski definition) is 3. The second-order valence-electron chi connectivity index (χ2n) is 4.35. The lowest BCUT2D eigenvalue weighted by atomic mass is 9.98. The van der Waals surface area contributed by atoms with Crippen molar-refractivity contribution in [1.29, 1.82) is 0 Å². The molecule has 0 spiro atoms. The van der Waals surface area contributed by atoms with Crippen LogP contribution in [0.5, 0.6) is 0 Å². The van der Waals surface area contributed by atoms with Gasteiger partial charge in [-0.05, 0) is 18.1 Å². The Bertz CT molecular complexity index is 441. The summed E-state index contributed by atoms with van der Waals surface area (Å²) in [5.41, 5.74) is -0.907. The predicted molar refractivity (Wildman–Crippen MR) is 67.1 cm³/mol. The fraction of sp³-hybridized carbons (Fsp3) is 0.500. The molecule has 7 heteroatoms. The van der Waals surface area contributed by atoms with Crippen molar-refractivity contribution >= 4 is 5.69 Å². The molecule has 0 aromatic heterocycles. The maximum absolute atomic E-state index is 13.4. The summed E-state index contributed by atoms with van der Waals surface area (Å²) in [6.07, 6.45) is 0.495. The summed E-state index contributed by atoms with van der Waals surface area (Å²) < 4.78 is 13.4. The van der Waals surface area contributed by atoms with Crippen molar-refractivity contribution in [2.75, 3.05) is 13.2 Å². The third-order valence-electron chi connectivity index (χ3n) is 3.16. The van der Waals surface area contributed by atoms with E-state index in [-0.39, 0.29) is 19.8 Å². The lowest BCUT2D eigenvalue weighted by molar-refractivity contribution is -0.387. The Balaban J connectivity index is 2.78. The van der Waals surface area contributed by atoms with Crippen molar-refractivity contribution in [1.82, 2.24) is 5.32 Å². The van der Waals surface area contributed by atoms with Crippen LogP contribution in [0.4, 0.5) is 10.1 Å². The number of benzene rings is 1. The largest absolute Gasteiger partial charge is 0.394 e. The minimum absolute atomic E-state index is 0.198. The van der Waals surface area contributed by atoms with Crippen molar-refractivity contribution in [3.05, 3.63) is 39.7 Å². The summed E-state index contributed by atoms with van der Waals surface area (Å²) in [6, 6.07) is 3.60. The van der Waals surface area contributed by atoms with Gasteiger partial charge in [-0.2, -0.15) is 4.39 Å². The van der Waals surface area contributed by atoms with Crippen LogP contribution in [0.1, 0.15) is 18.9 Å². The van der Waals surface area contributed by atoms with Gasteiger partial charge < -0.3 is 15.5 Å². The van der Waals surface area contributed by atoms with Crippen LogP contribution in [0, 0.1) is 15.9 Å². The molecule has 3 N–H and O–H groups in total. The van der Waals surface area contributed by atoms with Gasteiger partial charge in [-0.1, -0.05) is 13.0 Å². The Morgan fingerprint density at radius 1 is 1.42 bits per heavy atom. The first-order valence-electron chi connectivity index (χ1n) is 5.87. The Morgan fingerprint density at radius 2 is 2.05 bits per heavy atom. The summed E-state index contributed by atoms with van der Waals surface area (Å²) in [5.74, 6) is -0.903. The molecule has 0 aliphatic carbocycles. The van der Waals surface area contributed by atoms with Crippen LogP contribution in [-0.4, -0.2) is 33.9 Å². The first kappa shape index (κ1) is 15.5. The molecule has 0 heterocycles. The van der Waals surface area contributed by atoms with E-state index >= 15 is 0 Å². The molecule has 0 fully saturated rings. The number of nitro benzene ring substituents is 1. The molecule has 0 aliphatic heterocycles. The van der Waals surface area contributed by atoms with Gasteiger partial charge in [0.15, 0.2) is 0 Å². The van der Waals surface area contributed by atoms with Crippen LogP contribution in [0.2, 0.25) is 0 Å². The minimum Gasteiger partial charge on any atom is -0.394 e. The van der Waals surface area contributed by atoms with Crippen LogP contribution in [0.25, 0.3) is 0 Å². The third-order valence-corrected chi connectivity index (χ3v) is 3.16.